The van der Waals surface area contributed by atoms with E-state index in [9.17, 15) is 0 Å². The number of nitrogens with zero attached hydrogens (tertiary/aromatic N) is 3. The molecule has 0 unspecified atom stereocenters. The van der Waals surface area contributed by atoms with E-state index in [-0.39, 0.29) is 0 Å². The summed E-state index contributed by atoms with van der Waals surface area (Å²) in [5.41, 5.74) is 9.96. The first-order valence-electron chi connectivity index (χ1n) is 6.82. The number of fused-ring (bicyclic) bond motifs is 1. The van der Waals surface area contributed by atoms with Gasteiger partial charge in [-0.05, 0) is 31.2 Å². The number of pyridine rings is 1. The number of hydrogen-bond donors (Lipinski definition) is 1. The van der Waals surface area contributed by atoms with Gasteiger partial charge in [-0.2, -0.15) is 0 Å². The van der Waals surface area contributed by atoms with E-state index in [0.29, 0.717) is 6.54 Å². The molecule has 0 atom stereocenters. The lowest BCUT2D eigenvalue weighted by atomic mass is 10.1. The van der Waals surface area contributed by atoms with E-state index in [1.54, 1.807) is 0 Å². The Morgan fingerprint density at radius 3 is 2.95 bits per heavy atom. The molecular formula is C16H18N4. The molecule has 0 aliphatic carbocycles. The SMILES string of the molecule is Cc1cc(Cn2cnc(CCN)c2)c2ccccc2n1. The monoisotopic (exact) mass is 266 g/mol. The summed E-state index contributed by atoms with van der Waals surface area (Å²) in [6, 6.07) is 10.4. The Labute approximate surface area is 118 Å². The van der Waals surface area contributed by atoms with Gasteiger partial charge in [-0.25, -0.2) is 4.98 Å². The highest BCUT2D eigenvalue weighted by atomic mass is 15.0. The quantitative estimate of drug-likeness (QED) is 0.788. The molecule has 0 saturated carbocycles. The molecule has 3 rings (SSSR count). The summed E-state index contributed by atoms with van der Waals surface area (Å²) in [4.78, 5) is 8.94. The first-order valence-corrected chi connectivity index (χ1v) is 6.82. The van der Waals surface area contributed by atoms with Crippen molar-refractivity contribution in [3.63, 3.8) is 0 Å². The zero-order valence-electron chi connectivity index (χ0n) is 11.6. The normalized spacial score (nSPS) is 11.1. The van der Waals surface area contributed by atoms with Crippen molar-refractivity contribution >= 4 is 10.9 Å². The summed E-state index contributed by atoms with van der Waals surface area (Å²) < 4.78 is 2.10. The number of rotatable bonds is 4. The third-order valence-corrected chi connectivity index (χ3v) is 3.37. The Morgan fingerprint density at radius 2 is 2.10 bits per heavy atom. The second kappa shape index (κ2) is 5.43. The van der Waals surface area contributed by atoms with Crippen LogP contribution in [0.15, 0.2) is 42.9 Å². The van der Waals surface area contributed by atoms with E-state index in [2.05, 4.69) is 45.0 Å². The van der Waals surface area contributed by atoms with E-state index in [1.165, 1.54) is 10.9 Å². The van der Waals surface area contributed by atoms with Crippen LogP contribution >= 0.6 is 0 Å². The second-order valence-corrected chi connectivity index (χ2v) is 5.02. The van der Waals surface area contributed by atoms with E-state index in [4.69, 9.17) is 5.73 Å². The van der Waals surface area contributed by atoms with Crippen molar-refractivity contribution in [2.75, 3.05) is 6.54 Å². The number of para-hydroxylation sites is 1. The van der Waals surface area contributed by atoms with Crippen molar-refractivity contribution in [3.8, 4) is 0 Å². The molecule has 0 amide bonds. The van der Waals surface area contributed by atoms with Crippen LogP contribution in [0.3, 0.4) is 0 Å². The first-order chi connectivity index (χ1) is 9.76. The molecule has 0 bridgehead atoms. The average molecular weight is 266 g/mol. The lowest BCUT2D eigenvalue weighted by Gasteiger charge is -2.08. The molecule has 2 heterocycles. The van der Waals surface area contributed by atoms with Crippen LogP contribution < -0.4 is 5.73 Å². The highest BCUT2D eigenvalue weighted by Crippen LogP contribution is 2.19. The van der Waals surface area contributed by atoms with Crippen molar-refractivity contribution in [2.24, 2.45) is 5.73 Å². The lowest BCUT2D eigenvalue weighted by Crippen LogP contribution is -2.03. The maximum atomic E-state index is 5.56. The third kappa shape index (κ3) is 2.56. The predicted molar refractivity (Wildman–Crippen MR) is 80.6 cm³/mol. The second-order valence-electron chi connectivity index (χ2n) is 5.02. The molecule has 2 N–H and O–H groups in total. The zero-order chi connectivity index (χ0) is 13.9. The number of imidazole rings is 1. The van der Waals surface area contributed by atoms with Crippen LogP contribution in [0, 0.1) is 6.92 Å². The van der Waals surface area contributed by atoms with Gasteiger partial charge in [0, 0.05) is 30.2 Å². The maximum absolute atomic E-state index is 5.56. The molecule has 0 fully saturated rings. The minimum Gasteiger partial charge on any atom is -0.333 e. The van der Waals surface area contributed by atoms with Gasteiger partial charge in [0.2, 0.25) is 0 Å². The van der Waals surface area contributed by atoms with Crippen LogP contribution in [0.25, 0.3) is 10.9 Å². The largest absolute Gasteiger partial charge is 0.333 e. The molecule has 4 nitrogen and oxygen atoms in total. The van der Waals surface area contributed by atoms with E-state index in [0.717, 1.165) is 29.9 Å². The van der Waals surface area contributed by atoms with Crippen LogP contribution in [0.4, 0.5) is 0 Å². The zero-order valence-corrected chi connectivity index (χ0v) is 11.6. The molecule has 0 spiro atoms. The molecule has 0 saturated heterocycles. The van der Waals surface area contributed by atoms with E-state index < -0.39 is 0 Å². The summed E-state index contributed by atoms with van der Waals surface area (Å²) in [7, 11) is 0. The molecule has 102 valence electrons. The van der Waals surface area contributed by atoms with Crippen LogP contribution in [-0.2, 0) is 13.0 Å². The molecule has 0 aliphatic rings. The topological polar surface area (TPSA) is 56.7 Å². The fourth-order valence-corrected chi connectivity index (χ4v) is 2.49. The molecule has 20 heavy (non-hydrogen) atoms. The highest BCUT2D eigenvalue weighted by molar-refractivity contribution is 5.82. The van der Waals surface area contributed by atoms with E-state index in [1.807, 2.05) is 19.3 Å². The molecule has 4 heteroatoms. The molecule has 1 aromatic carbocycles. The van der Waals surface area contributed by atoms with Gasteiger partial charge in [-0.1, -0.05) is 18.2 Å². The van der Waals surface area contributed by atoms with Crippen LogP contribution in [-0.4, -0.2) is 21.1 Å². The van der Waals surface area contributed by atoms with Gasteiger partial charge in [-0.3, -0.25) is 4.98 Å². The Kier molecular flexibility index (Phi) is 3.48. The van der Waals surface area contributed by atoms with Gasteiger partial charge in [0.05, 0.1) is 17.5 Å². The van der Waals surface area contributed by atoms with Crippen LogP contribution in [0.5, 0.6) is 0 Å². The summed E-state index contributed by atoms with van der Waals surface area (Å²) in [6.45, 7) is 3.47. The molecule has 0 radical (unpaired) electrons. The van der Waals surface area contributed by atoms with Gasteiger partial charge >= 0.3 is 0 Å². The van der Waals surface area contributed by atoms with Crippen molar-refractivity contribution < 1.29 is 0 Å². The van der Waals surface area contributed by atoms with Gasteiger partial charge in [0.15, 0.2) is 0 Å². The van der Waals surface area contributed by atoms with Gasteiger partial charge in [0.25, 0.3) is 0 Å². The molecule has 2 aromatic heterocycles. The van der Waals surface area contributed by atoms with Gasteiger partial charge in [-0.15, -0.1) is 0 Å². The van der Waals surface area contributed by atoms with Crippen molar-refractivity contribution in [2.45, 2.75) is 19.9 Å². The number of aryl methyl sites for hydroxylation is 1. The number of benzene rings is 1. The summed E-state index contributed by atoms with van der Waals surface area (Å²) in [5.74, 6) is 0. The molecule has 0 aliphatic heterocycles. The molecular weight excluding hydrogens is 248 g/mol. The number of hydrogen-bond acceptors (Lipinski definition) is 3. The summed E-state index contributed by atoms with van der Waals surface area (Å²) >= 11 is 0. The first kappa shape index (κ1) is 12.8. The van der Waals surface area contributed by atoms with Crippen molar-refractivity contribution in [1.29, 1.82) is 0 Å². The Morgan fingerprint density at radius 1 is 1.25 bits per heavy atom. The Hall–Kier alpha value is -2.20. The summed E-state index contributed by atoms with van der Waals surface area (Å²) in [5, 5.41) is 1.20. The lowest BCUT2D eigenvalue weighted by molar-refractivity contribution is 0.799. The third-order valence-electron chi connectivity index (χ3n) is 3.37. The highest BCUT2D eigenvalue weighted by Gasteiger charge is 2.05. The number of nitrogens with two attached hydrogens (primary N) is 1. The summed E-state index contributed by atoms with van der Waals surface area (Å²) in [6.07, 6.45) is 4.76. The van der Waals surface area contributed by atoms with Crippen LogP contribution in [0.2, 0.25) is 0 Å². The fraction of sp³-hybridized carbons (Fsp3) is 0.250. The Bertz CT molecular complexity index is 730. The minimum atomic E-state index is 0.633. The minimum absolute atomic E-state index is 0.633. The van der Waals surface area contributed by atoms with Gasteiger partial charge < -0.3 is 10.3 Å². The van der Waals surface area contributed by atoms with E-state index >= 15 is 0 Å². The smallest absolute Gasteiger partial charge is 0.0952 e. The van der Waals surface area contributed by atoms with Crippen LogP contribution in [0.1, 0.15) is 17.0 Å². The fourth-order valence-electron chi connectivity index (χ4n) is 2.49. The molecule has 3 aromatic rings. The number of aromatic nitrogens is 3. The predicted octanol–water partition coefficient (Wildman–Crippen LogP) is 2.29. The van der Waals surface area contributed by atoms with Crippen molar-refractivity contribution in [1.82, 2.24) is 14.5 Å². The maximum Gasteiger partial charge on any atom is 0.0952 e. The standard InChI is InChI=1S/C16H18N4/c1-12-8-13(15-4-2-3-5-16(15)19-12)9-20-10-14(6-7-17)18-11-20/h2-5,8,10-11H,6-7,9,17H2,1H3. The Balaban J connectivity index is 1.97. The van der Waals surface area contributed by atoms with Gasteiger partial charge in [0.1, 0.15) is 0 Å². The average Bonchev–Trinajstić information content (AvgIpc) is 2.86. The van der Waals surface area contributed by atoms with Crippen molar-refractivity contribution in [3.05, 3.63) is 59.8 Å².